The molecule has 1 fully saturated rings. The highest BCUT2D eigenvalue weighted by Crippen LogP contribution is 2.37. The fourth-order valence-electron chi connectivity index (χ4n) is 4.86. The van der Waals surface area contributed by atoms with Crippen molar-refractivity contribution in [1.82, 2.24) is 14.5 Å². The second kappa shape index (κ2) is 10.2. The number of aromatic nitrogens is 3. The van der Waals surface area contributed by atoms with Crippen LogP contribution in [-0.4, -0.2) is 32.3 Å². The molecule has 4 heterocycles. The van der Waals surface area contributed by atoms with Crippen molar-refractivity contribution < 1.29 is 9.53 Å². The van der Waals surface area contributed by atoms with E-state index in [4.69, 9.17) is 9.72 Å². The molecule has 1 atom stereocenters. The zero-order chi connectivity index (χ0) is 23.7. The first-order chi connectivity index (χ1) is 16.5. The van der Waals surface area contributed by atoms with Gasteiger partial charge in [0.05, 0.1) is 23.8 Å². The fourth-order valence-corrected chi connectivity index (χ4v) is 6.89. The Kier molecular flexibility index (Phi) is 7.04. The van der Waals surface area contributed by atoms with E-state index in [1.54, 1.807) is 29.7 Å². The van der Waals surface area contributed by atoms with Gasteiger partial charge in [0.1, 0.15) is 10.6 Å². The molecule has 1 aliphatic carbocycles. The van der Waals surface area contributed by atoms with Gasteiger partial charge in [0.15, 0.2) is 5.16 Å². The highest BCUT2D eigenvalue weighted by molar-refractivity contribution is 7.99. The highest BCUT2D eigenvalue weighted by Gasteiger charge is 2.30. The summed E-state index contributed by atoms with van der Waals surface area (Å²) in [7, 11) is 0. The third-order valence-corrected chi connectivity index (χ3v) is 8.74. The first-order valence-electron chi connectivity index (χ1n) is 12.0. The maximum Gasteiger partial charge on any atom is 0.263 e. The molecular weight excluding hydrogens is 468 g/mol. The molecule has 2 aliphatic rings. The third kappa shape index (κ3) is 4.78. The van der Waals surface area contributed by atoms with Gasteiger partial charge in [-0.15, -0.1) is 11.3 Å². The Morgan fingerprint density at radius 2 is 2.12 bits per heavy atom. The molecule has 3 aromatic heterocycles. The second-order valence-electron chi connectivity index (χ2n) is 9.39. The topological polar surface area (TPSA) is 86.1 Å². The van der Waals surface area contributed by atoms with E-state index in [1.807, 2.05) is 10.6 Å². The predicted octanol–water partition coefficient (Wildman–Crippen LogP) is 5.19. The number of thioether (sulfide) groups is 1. The van der Waals surface area contributed by atoms with Gasteiger partial charge >= 0.3 is 0 Å². The Bertz CT molecular complexity index is 1230. The van der Waals surface area contributed by atoms with Crippen LogP contribution in [-0.2, 0) is 22.6 Å². The van der Waals surface area contributed by atoms with E-state index in [-0.39, 0.29) is 29.4 Å². The molecule has 0 radical (unpaired) electrons. The Hall–Kier alpha value is -2.23. The Morgan fingerprint density at radius 1 is 1.29 bits per heavy atom. The van der Waals surface area contributed by atoms with E-state index in [0.717, 1.165) is 52.8 Å². The number of hydrogen-bond donors (Lipinski definition) is 1. The minimum absolute atomic E-state index is 0.0476. The van der Waals surface area contributed by atoms with E-state index in [9.17, 15) is 9.59 Å². The van der Waals surface area contributed by atoms with Crippen molar-refractivity contribution in [2.45, 2.75) is 76.3 Å². The third-order valence-electron chi connectivity index (χ3n) is 6.69. The number of hydrogen-bond acceptors (Lipinski definition) is 7. The lowest BCUT2D eigenvalue weighted by atomic mass is 9.94. The van der Waals surface area contributed by atoms with Crippen molar-refractivity contribution >= 4 is 45.0 Å². The van der Waals surface area contributed by atoms with E-state index >= 15 is 0 Å². The summed E-state index contributed by atoms with van der Waals surface area (Å²) >= 11 is 2.90. The van der Waals surface area contributed by atoms with Gasteiger partial charge in [0.2, 0.25) is 5.91 Å². The van der Waals surface area contributed by atoms with E-state index in [2.05, 4.69) is 24.1 Å². The van der Waals surface area contributed by atoms with Gasteiger partial charge in [-0.05, 0) is 36.5 Å². The zero-order valence-electron chi connectivity index (χ0n) is 19.6. The van der Waals surface area contributed by atoms with E-state index in [1.165, 1.54) is 18.2 Å². The average molecular weight is 499 g/mol. The maximum absolute atomic E-state index is 14.0. The molecular formula is C25H30N4O3S2. The van der Waals surface area contributed by atoms with Crippen molar-refractivity contribution in [2.24, 2.45) is 5.92 Å². The molecule has 1 amide bonds. The molecule has 7 nitrogen and oxygen atoms in total. The number of rotatable bonds is 6. The first-order valence-corrected chi connectivity index (χ1v) is 13.8. The van der Waals surface area contributed by atoms with Crippen LogP contribution in [0.1, 0.15) is 62.4 Å². The van der Waals surface area contributed by atoms with Crippen LogP contribution in [0.3, 0.4) is 0 Å². The summed E-state index contributed by atoms with van der Waals surface area (Å²) in [5, 5.41) is 4.22. The molecule has 0 saturated heterocycles. The van der Waals surface area contributed by atoms with Crippen LogP contribution in [0.15, 0.2) is 34.3 Å². The molecule has 0 spiro atoms. The standard InChI is InChI=1S/C25H30N4O3S2/c1-15(2)18-12-17-19(13-32-18)34-23-22(17)24(31)29(16-8-4-3-5-9-16)25(28-23)33-14-21(30)27-20-10-6-7-11-26-20/h6-7,10-11,15-16,18H,3-5,8-9,12-14H2,1-2H3,(H,26,27,30)/t18-/m0/s1. The number of nitrogens with zero attached hydrogens (tertiary/aromatic N) is 3. The van der Waals surface area contributed by atoms with Crippen molar-refractivity contribution in [3.05, 3.63) is 45.2 Å². The number of anilines is 1. The van der Waals surface area contributed by atoms with Gasteiger partial charge < -0.3 is 10.1 Å². The van der Waals surface area contributed by atoms with Crippen LogP contribution in [0.4, 0.5) is 5.82 Å². The second-order valence-corrected chi connectivity index (χ2v) is 11.4. The number of carbonyl (C=O) groups is 1. The minimum atomic E-state index is -0.160. The SMILES string of the molecule is CC(C)[C@@H]1Cc2c(sc3nc(SCC(=O)Nc4ccccn4)n(C4CCCCC4)c(=O)c23)CO1. The number of fused-ring (bicyclic) bond motifs is 3. The van der Waals surface area contributed by atoms with Crippen molar-refractivity contribution in [2.75, 3.05) is 11.1 Å². The first kappa shape index (κ1) is 23.5. The van der Waals surface area contributed by atoms with Gasteiger partial charge in [-0.3, -0.25) is 14.2 Å². The molecule has 0 unspecified atom stereocenters. The van der Waals surface area contributed by atoms with Crippen LogP contribution >= 0.6 is 23.1 Å². The number of carbonyl (C=O) groups excluding carboxylic acids is 1. The monoisotopic (exact) mass is 498 g/mol. The smallest absolute Gasteiger partial charge is 0.263 e. The van der Waals surface area contributed by atoms with Crippen LogP contribution < -0.4 is 10.9 Å². The van der Waals surface area contributed by atoms with Crippen molar-refractivity contribution in [3.8, 4) is 0 Å². The molecule has 1 saturated carbocycles. The van der Waals surface area contributed by atoms with Gasteiger partial charge in [-0.2, -0.15) is 0 Å². The summed E-state index contributed by atoms with van der Waals surface area (Å²) in [5.41, 5.74) is 1.17. The van der Waals surface area contributed by atoms with Crippen LogP contribution in [0.2, 0.25) is 0 Å². The summed E-state index contributed by atoms with van der Waals surface area (Å²) in [5.74, 6) is 0.924. The fraction of sp³-hybridized carbons (Fsp3) is 0.520. The summed E-state index contributed by atoms with van der Waals surface area (Å²) in [6, 6.07) is 5.53. The molecule has 1 aliphatic heterocycles. The molecule has 1 N–H and O–H groups in total. The van der Waals surface area contributed by atoms with Crippen molar-refractivity contribution in [1.29, 1.82) is 0 Å². The molecule has 0 bridgehead atoms. The molecule has 0 aromatic carbocycles. The summed E-state index contributed by atoms with van der Waals surface area (Å²) in [4.78, 5) is 37.5. The predicted molar refractivity (Wildman–Crippen MR) is 137 cm³/mol. The van der Waals surface area contributed by atoms with Crippen LogP contribution in [0, 0.1) is 5.92 Å². The zero-order valence-corrected chi connectivity index (χ0v) is 21.2. The summed E-state index contributed by atoms with van der Waals surface area (Å²) in [6.45, 7) is 4.86. The van der Waals surface area contributed by atoms with Crippen LogP contribution in [0.5, 0.6) is 0 Å². The van der Waals surface area contributed by atoms with E-state index < -0.39 is 0 Å². The Balaban J connectivity index is 1.49. The molecule has 5 rings (SSSR count). The molecule has 3 aromatic rings. The quantitative estimate of drug-likeness (QED) is 0.372. The van der Waals surface area contributed by atoms with Crippen LogP contribution in [0.25, 0.3) is 10.2 Å². The largest absolute Gasteiger partial charge is 0.372 e. The summed E-state index contributed by atoms with van der Waals surface area (Å²) < 4.78 is 7.95. The molecule has 9 heteroatoms. The van der Waals surface area contributed by atoms with Gasteiger partial charge in [-0.25, -0.2) is 9.97 Å². The normalized spacial score (nSPS) is 18.9. The summed E-state index contributed by atoms with van der Waals surface area (Å²) in [6.07, 6.45) is 7.91. The Morgan fingerprint density at radius 3 is 2.85 bits per heavy atom. The number of pyridine rings is 1. The van der Waals surface area contributed by atoms with Gasteiger partial charge in [0.25, 0.3) is 5.56 Å². The maximum atomic E-state index is 14.0. The number of ether oxygens (including phenoxy) is 1. The highest BCUT2D eigenvalue weighted by atomic mass is 32.2. The lowest BCUT2D eigenvalue weighted by molar-refractivity contribution is -0.113. The Labute approximate surface area is 207 Å². The number of amides is 1. The molecule has 180 valence electrons. The number of nitrogens with one attached hydrogen (secondary N) is 1. The van der Waals surface area contributed by atoms with Gasteiger partial charge in [0, 0.05) is 23.5 Å². The lowest BCUT2D eigenvalue weighted by Gasteiger charge is -2.27. The number of thiophene rings is 1. The van der Waals surface area contributed by atoms with Gasteiger partial charge in [-0.1, -0.05) is 50.9 Å². The average Bonchev–Trinajstić information content (AvgIpc) is 3.22. The minimum Gasteiger partial charge on any atom is -0.372 e. The van der Waals surface area contributed by atoms with Crippen molar-refractivity contribution in [3.63, 3.8) is 0 Å². The molecule has 34 heavy (non-hydrogen) atoms. The van der Waals surface area contributed by atoms with E-state index in [0.29, 0.717) is 23.5 Å². The lowest BCUT2D eigenvalue weighted by Crippen LogP contribution is -2.31.